The van der Waals surface area contributed by atoms with Crippen molar-refractivity contribution >= 4 is 23.2 Å². The summed E-state index contributed by atoms with van der Waals surface area (Å²) in [6.45, 7) is 5.76. The summed E-state index contributed by atoms with van der Waals surface area (Å²) in [5.74, 6) is -0.449. The Hall–Kier alpha value is -4.27. The molecule has 2 aromatic heterocycles. The van der Waals surface area contributed by atoms with Gasteiger partial charge >= 0.3 is 0 Å². The molecule has 0 saturated carbocycles. The van der Waals surface area contributed by atoms with Crippen LogP contribution in [-0.2, 0) is 11.2 Å². The van der Waals surface area contributed by atoms with Gasteiger partial charge in [0, 0.05) is 11.4 Å². The van der Waals surface area contributed by atoms with Crippen LogP contribution in [0.1, 0.15) is 41.5 Å². The molecule has 2 aromatic carbocycles. The summed E-state index contributed by atoms with van der Waals surface area (Å²) in [5, 5.41) is 14.2. The second kappa shape index (κ2) is 9.47. The van der Waals surface area contributed by atoms with E-state index in [1.165, 1.54) is 17.3 Å². The normalized spacial score (nSPS) is 11.7. The first kappa shape index (κ1) is 21.9. The Labute approximate surface area is 191 Å². The van der Waals surface area contributed by atoms with E-state index in [-0.39, 0.29) is 11.8 Å². The van der Waals surface area contributed by atoms with Crippen molar-refractivity contribution in [3.05, 3.63) is 84.2 Å². The number of aryl methyl sites for hydroxylation is 1. The second-order valence-electron chi connectivity index (χ2n) is 7.68. The quantitative estimate of drug-likeness (QED) is 0.452. The standard InChI is InChI=1S/C24H25N7O2/c1-4-22-21(13-26-31(22)20-11-5-16(2)6-12-20)24(33)29-19-9-7-18(8-10-19)28-23(32)17(3)30-15-25-14-27-30/h5-15,17H,4H2,1-3H3,(H,28,32)(H,29,33). The summed E-state index contributed by atoms with van der Waals surface area (Å²) in [6.07, 6.45) is 5.13. The lowest BCUT2D eigenvalue weighted by Crippen LogP contribution is -2.24. The molecule has 0 aliphatic heterocycles. The fourth-order valence-electron chi connectivity index (χ4n) is 3.43. The highest BCUT2D eigenvalue weighted by Crippen LogP contribution is 2.20. The first-order valence-corrected chi connectivity index (χ1v) is 10.7. The molecule has 9 nitrogen and oxygen atoms in total. The van der Waals surface area contributed by atoms with Crippen LogP contribution in [0.2, 0.25) is 0 Å². The SMILES string of the molecule is CCc1c(C(=O)Nc2ccc(NC(=O)C(C)n3cncn3)cc2)cnn1-c1ccc(C)cc1. The van der Waals surface area contributed by atoms with Gasteiger partial charge in [0.05, 0.1) is 23.1 Å². The highest BCUT2D eigenvalue weighted by Gasteiger charge is 2.18. The molecule has 9 heteroatoms. The molecule has 0 fully saturated rings. The molecule has 0 aliphatic rings. The number of hydrogen-bond donors (Lipinski definition) is 2. The molecule has 33 heavy (non-hydrogen) atoms. The molecule has 4 aromatic rings. The van der Waals surface area contributed by atoms with Crippen molar-refractivity contribution in [1.29, 1.82) is 0 Å². The van der Waals surface area contributed by atoms with E-state index in [1.54, 1.807) is 42.1 Å². The Morgan fingerprint density at radius 3 is 2.24 bits per heavy atom. The van der Waals surface area contributed by atoms with Crippen LogP contribution < -0.4 is 10.6 Å². The fraction of sp³-hybridized carbons (Fsp3) is 0.208. The molecule has 0 aliphatic carbocycles. The number of carbonyl (C=O) groups excluding carboxylic acids is 2. The monoisotopic (exact) mass is 443 g/mol. The van der Waals surface area contributed by atoms with Crippen molar-refractivity contribution < 1.29 is 9.59 Å². The molecule has 168 valence electrons. The van der Waals surface area contributed by atoms with Gasteiger partial charge in [-0.05, 0) is 56.7 Å². The van der Waals surface area contributed by atoms with Crippen molar-refractivity contribution in [1.82, 2.24) is 24.5 Å². The summed E-state index contributed by atoms with van der Waals surface area (Å²) >= 11 is 0. The Balaban J connectivity index is 1.44. The van der Waals surface area contributed by atoms with Crippen molar-refractivity contribution in [3.63, 3.8) is 0 Å². The van der Waals surface area contributed by atoms with Crippen LogP contribution in [0.25, 0.3) is 5.69 Å². The summed E-state index contributed by atoms with van der Waals surface area (Å²) in [5.41, 5.74) is 4.67. The molecule has 0 bridgehead atoms. The third-order valence-electron chi connectivity index (χ3n) is 5.35. The molecule has 0 radical (unpaired) electrons. The van der Waals surface area contributed by atoms with Crippen molar-refractivity contribution in [2.24, 2.45) is 0 Å². The van der Waals surface area contributed by atoms with Gasteiger partial charge in [-0.3, -0.25) is 9.59 Å². The molecule has 2 amide bonds. The maximum Gasteiger partial charge on any atom is 0.259 e. The van der Waals surface area contributed by atoms with Crippen LogP contribution in [0.5, 0.6) is 0 Å². The van der Waals surface area contributed by atoms with Gasteiger partial charge < -0.3 is 10.6 Å². The molecule has 2 N–H and O–H groups in total. The van der Waals surface area contributed by atoms with Crippen LogP contribution in [0, 0.1) is 6.92 Å². The number of amides is 2. The summed E-state index contributed by atoms with van der Waals surface area (Å²) in [7, 11) is 0. The lowest BCUT2D eigenvalue weighted by Gasteiger charge is -2.13. The minimum atomic E-state index is -0.496. The Kier molecular flexibility index (Phi) is 6.30. The zero-order chi connectivity index (χ0) is 23.4. The molecule has 0 spiro atoms. The highest BCUT2D eigenvalue weighted by atomic mass is 16.2. The summed E-state index contributed by atoms with van der Waals surface area (Å²) < 4.78 is 3.27. The summed E-state index contributed by atoms with van der Waals surface area (Å²) in [4.78, 5) is 29.2. The second-order valence-corrected chi connectivity index (χ2v) is 7.68. The predicted octanol–water partition coefficient (Wildman–Crippen LogP) is 3.79. The number of rotatable bonds is 7. The van der Waals surface area contributed by atoms with E-state index in [0.29, 0.717) is 23.4 Å². The highest BCUT2D eigenvalue weighted by molar-refractivity contribution is 6.05. The fourth-order valence-corrected chi connectivity index (χ4v) is 3.43. The predicted molar refractivity (Wildman–Crippen MR) is 125 cm³/mol. The smallest absolute Gasteiger partial charge is 0.259 e. The lowest BCUT2D eigenvalue weighted by atomic mass is 10.1. The maximum atomic E-state index is 12.9. The number of hydrogen-bond acceptors (Lipinski definition) is 5. The van der Waals surface area contributed by atoms with Gasteiger partial charge in [-0.1, -0.05) is 24.6 Å². The van der Waals surface area contributed by atoms with Crippen molar-refractivity contribution in [3.8, 4) is 5.69 Å². The van der Waals surface area contributed by atoms with Gasteiger partial charge in [0.2, 0.25) is 5.91 Å². The molecule has 2 heterocycles. The van der Waals surface area contributed by atoms with Crippen LogP contribution in [-0.4, -0.2) is 36.4 Å². The molecular formula is C24H25N7O2. The minimum absolute atomic E-state index is 0.214. The van der Waals surface area contributed by atoms with Gasteiger partial charge in [-0.2, -0.15) is 10.2 Å². The first-order chi connectivity index (χ1) is 16.0. The number of nitrogens with one attached hydrogen (secondary N) is 2. The van der Waals surface area contributed by atoms with Crippen LogP contribution in [0.3, 0.4) is 0 Å². The topological polar surface area (TPSA) is 107 Å². The molecule has 4 rings (SSSR count). The summed E-state index contributed by atoms with van der Waals surface area (Å²) in [6, 6.07) is 14.5. The Bertz CT molecular complexity index is 1240. The van der Waals surface area contributed by atoms with Crippen LogP contribution in [0.15, 0.2) is 67.4 Å². The number of anilines is 2. The molecule has 1 unspecified atom stereocenters. The number of aromatic nitrogens is 5. The largest absolute Gasteiger partial charge is 0.324 e. The van der Waals surface area contributed by atoms with Gasteiger partial charge in [0.15, 0.2) is 0 Å². The Morgan fingerprint density at radius 1 is 0.970 bits per heavy atom. The number of nitrogens with zero attached hydrogens (tertiary/aromatic N) is 5. The van der Waals surface area contributed by atoms with Crippen LogP contribution >= 0.6 is 0 Å². The zero-order valence-corrected chi connectivity index (χ0v) is 18.7. The molecule has 1 atom stereocenters. The minimum Gasteiger partial charge on any atom is -0.324 e. The van der Waals surface area contributed by atoms with E-state index in [2.05, 4.69) is 25.8 Å². The van der Waals surface area contributed by atoms with E-state index < -0.39 is 6.04 Å². The van der Waals surface area contributed by atoms with Gasteiger partial charge in [0.25, 0.3) is 5.91 Å². The van der Waals surface area contributed by atoms with E-state index >= 15 is 0 Å². The van der Waals surface area contributed by atoms with Gasteiger partial charge in [-0.15, -0.1) is 0 Å². The third kappa shape index (κ3) is 4.82. The van der Waals surface area contributed by atoms with Crippen molar-refractivity contribution in [2.75, 3.05) is 10.6 Å². The van der Waals surface area contributed by atoms with E-state index in [1.807, 2.05) is 38.1 Å². The van der Waals surface area contributed by atoms with E-state index in [0.717, 1.165) is 16.9 Å². The Morgan fingerprint density at radius 2 is 1.64 bits per heavy atom. The lowest BCUT2D eigenvalue weighted by molar-refractivity contribution is -0.119. The molecule has 0 saturated heterocycles. The zero-order valence-electron chi connectivity index (χ0n) is 18.7. The first-order valence-electron chi connectivity index (χ1n) is 10.7. The van der Waals surface area contributed by atoms with Gasteiger partial charge in [0.1, 0.15) is 18.7 Å². The van der Waals surface area contributed by atoms with Crippen molar-refractivity contribution in [2.45, 2.75) is 33.2 Å². The number of carbonyl (C=O) groups is 2. The third-order valence-corrected chi connectivity index (χ3v) is 5.35. The molecular weight excluding hydrogens is 418 g/mol. The van der Waals surface area contributed by atoms with E-state index in [4.69, 9.17) is 0 Å². The number of benzene rings is 2. The maximum absolute atomic E-state index is 12.9. The van der Waals surface area contributed by atoms with Gasteiger partial charge in [-0.25, -0.2) is 14.3 Å². The van der Waals surface area contributed by atoms with Crippen LogP contribution in [0.4, 0.5) is 11.4 Å². The average molecular weight is 444 g/mol. The average Bonchev–Trinajstić information content (AvgIpc) is 3.50. The van der Waals surface area contributed by atoms with E-state index in [9.17, 15) is 9.59 Å².